The SMILES string of the molecule is CC.CNC1CCn2cc(-c3ccccc3)nc2C1.Cc1sc(-c2cn[nH]c2C=O)nc1C(F)F. The fourth-order valence-electron chi connectivity index (χ4n) is 3.70. The van der Waals surface area contributed by atoms with Crippen molar-refractivity contribution in [1.29, 1.82) is 0 Å². The summed E-state index contributed by atoms with van der Waals surface area (Å²) in [6, 6.07) is 11.0. The fraction of sp³-hybridized carbons (Fsp3) is 0.360. The predicted octanol–water partition coefficient (Wildman–Crippen LogP) is 5.70. The lowest BCUT2D eigenvalue weighted by atomic mass is 10.1. The van der Waals surface area contributed by atoms with Gasteiger partial charge in [-0.25, -0.2) is 18.7 Å². The molecule has 1 aliphatic heterocycles. The van der Waals surface area contributed by atoms with Crippen molar-refractivity contribution < 1.29 is 13.6 Å². The smallest absolute Gasteiger partial charge is 0.281 e. The number of imidazole rings is 1. The first-order valence-electron chi connectivity index (χ1n) is 11.5. The molecule has 10 heteroatoms. The molecule has 186 valence electrons. The van der Waals surface area contributed by atoms with Crippen LogP contribution in [-0.2, 0) is 13.0 Å². The maximum Gasteiger partial charge on any atom is 0.281 e. The molecule has 1 aromatic carbocycles. The molecule has 0 radical (unpaired) electrons. The second-order valence-electron chi connectivity index (χ2n) is 7.66. The molecule has 0 amide bonds. The summed E-state index contributed by atoms with van der Waals surface area (Å²) in [6.45, 7) is 6.64. The normalized spacial score (nSPS) is 14.4. The van der Waals surface area contributed by atoms with Crippen molar-refractivity contribution in [2.45, 2.75) is 52.6 Å². The quantitative estimate of drug-likeness (QED) is 0.343. The van der Waals surface area contributed by atoms with Crippen LogP contribution in [0.15, 0.2) is 42.7 Å². The second-order valence-corrected chi connectivity index (χ2v) is 8.86. The molecule has 4 aromatic rings. The van der Waals surface area contributed by atoms with E-state index in [1.54, 1.807) is 6.92 Å². The number of halogens is 2. The van der Waals surface area contributed by atoms with Crippen LogP contribution in [0.25, 0.3) is 21.8 Å². The molecule has 0 saturated carbocycles. The van der Waals surface area contributed by atoms with Gasteiger partial charge in [-0.15, -0.1) is 11.3 Å². The molecule has 2 N–H and O–H groups in total. The van der Waals surface area contributed by atoms with E-state index in [2.05, 4.69) is 55.5 Å². The van der Waals surface area contributed by atoms with Crippen LogP contribution in [0.4, 0.5) is 8.78 Å². The van der Waals surface area contributed by atoms with E-state index in [1.165, 1.54) is 24.0 Å². The highest BCUT2D eigenvalue weighted by Gasteiger charge is 2.20. The van der Waals surface area contributed by atoms with Crippen LogP contribution < -0.4 is 5.32 Å². The summed E-state index contributed by atoms with van der Waals surface area (Å²) in [7, 11) is 2.03. The molecule has 4 heterocycles. The van der Waals surface area contributed by atoms with Crippen molar-refractivity contribution in [3.8, 4) is 21.8 Å². The average molecular weight is 501 g/mol. The zero-order chi connectivity index (χ0) is 25.4. The third kappa shape index (κ3) is 6.26. The lowest BCUT2D eigenvalue weighted by Gasteiger charge is -2.22. The molecule has 7 nitrogen and oxygen atoms in total. The number of fused-ring (bicyclic) bond motifs is 1. The molecule has 0 aliphatic carbocycles. The lowest BCUT2D eigenvalue weighted by molar-refractivity contribution is 0.111. The molecular formula is C25H30F2N6OS. The number of carbonyl (C=O) groups is 1. The Labute approximate surface area is 207 Å². The standard InChI is InChI=1S/C14H17N3.C9H7F2N3OS.C2H6/c1-15-12-7-8-17-10-13(16-14(17)9-12)11-5-3-2-4-6-11;1-4-7(8(10)11)13-9(16-4)5-2-12-14-6(5)3-15;1-2/h2-6,10,12,15H,7-9H2,1H3;2-3,8H,1H3,(H,12,14);1-2H3. The van der Waals surface area contributed by atoms with Gasteiger partial charge in [-0.2, -0.15) is 5.10 Å². The van der Waals surface area contributed by atoms with Gasteiger partial charge in [0.1, 0.15) is 22.2 Å². The summed E-state index contributed by atoms with van der Waals surface area (Å²) in [4.78, 5) is 19.6. The minimum atomic E-state index is -2.60. The second kappa shape index (κ2) is 12.5. The van der Waals surface area contributed by atoms with E-state index >= 15 is 0 Å². The summed E-state index contributed by atoms with van der Waals surface area (Å²) in [5.74, 6) is 1.20. The van der Waals surface area contributed by atoms with E-state index in [0.717, 1.165) is 30.0 Å². The summed E-state index contributed by atoms with van der Waals surface area (Å²) in [6.07, 6.45) is 3.78. The Balaban J connectivity index is 0.000000183. The number of aryl methyl sites for hydroxylation is 2. The first-order chi connectivity index (χ1) is 17.0. The Morgan fingerprint density at radius 2 is 1.97 bits per heavy atom. The van der Waals surface area contributed by atoms with E-state index in [-0.39, 0.29) is 11.4 Å². The number of likely N-dealkylation sites (N-methyl/N-ethyl adjacent to an activating group) is 1. The molecule has 3 aromatic heterocycles. The van der Waals surface area contributed by atoms with Gasteiger partial charge in [0, 0.05) is 35.6 Å². The number of aromatic nitrogens is 5. The summed E-state index contributed by atoms with van der Waals surface area (Å²) in [5.41, 5.74) is 2.76. The van der Waals surface area contributed by atoms with Crippen LogP contribution in [0.5, 0.6) is 0 Å². The highest BCUT2D eigenvalue weighted by atomic mass is 32.1. The van der Waals surface area contributed by atoms with Crippen LogP contribution >= 0.6 is 11.3 Å². The molecule has 0 saturated heterocycles. The number of aromatic amines is 1. The van der Waals surface area contributed by atoms with Crippen LogP contribution in [0, 0.1) is 6.92 Å². The minimum Gasteiger partial charge on any atom is -0.334 e. The summed E-state index contributed by atoms with van der Waals surface area (Å²) >= 11 is 1.12. The molecule has 1 unspecified atom stereocenters. The summed E-state index contributed by atoms with van der Waals surface area (Å²) < 4.78 is 27.3. The number of hydrogen-bond acceptors (Lipinski definition) is 6. The van der Waals surface area contributed by atoms with E-state index in [9.17, 15) is 13.6 Å². The first kappa shape index (κ1) is 26.4. The molecule has 1 atom stereocenters. The highest BCUT2D eigenvalue weighted by Crippen LogP contribution is 2.33. The van der Waals surface area contributed by atoms with Gasteiger partial charge in [-0.05, 0) is 20.4 Å². The number of nitrogens with zero attached hydrogens (tertiary/aromatic N) is 4. The number of thiazole rings is 1. The van der Waals surface area contributed by atoms with E-state index in [1.807, 2.05) is 27.0 Å². The number of nitrogens with one attached hydrogen (secondary N) is 2. The van der Waals surface area contributed by atoms with Crippen LogP contribution in [0.2, 0.25) is 0 Å². The Kier molecular flexibility index (Phi) is 9.39. The van der Waals surface area contributed by atoms with E-state index < -0.39 is 6.43 Å². The highest BCUT2D eigenvalue weighted by molar-refractivity contribution is 7.15. The fourth-order valence-corrected chi connectivity index (χ4v) is 4.65. The van der Waals surface area contributed by atoms with E-state index in [4.69, 9.17) is 4.98 Å². The number of H-pyrrole nitrogens is 1. The van der Waals surface area contributed by atoms with Crippen molar-refractivity contribution in [2.24, 2.45) is 0 Å². The molecule has 0 fully saturated rings. The topological polar surface area (TPSA) is 88.5 Å². The zero-order valence-electron chi connectivity index (χ0n) is 20.3. The molecule has 5 rings (SSSR count). The number of hydrogen-bond donors (Lipinski definition) is 2. The number of rotatable bonds is 5. The molecule has 0 spiro atoms. The van der Waals surface area contributed by atoms with Gasteiger partial charge in [0.15, 0.2) is 6.29 Å². The zero-order valence-corrected chi connectivity index (χ0v) is 21.1. The molecule has 1 aliphatic rings. The van der Waals surface area contributed by atoms with Gasteiger partial charge in [-0.1, -0.05) is 44.2 Å². The van der Waals surface area contributed by atoms with Gasteiger partial charge in [0.2, 0.25) is 0 Å². The lowest BCUT2D eigenvalue weighted by Crippen LogP contribution is -2.33. The average Bonchev–Trinajstić information content (AvgIpc) is 3.63. The van der Waals surface area contributed by atoms with Crippen molar-refractivity contribution in [1.82, 2.24) is 30.0 Å². The maximum atomic E-state index is 12.5. The van der Waals surface area contributed by atoms with E-state index in [0.29, 0.717) is 27.8 Å². The third-order valence-corrected chi connectivity index (χ3v) is 6.56. The Morgan fingerprint density at radius 1 is 1.23 bits per heavy atom. The van der Waals surface area contributed by atoms with Gasteiger partial charge >= 0.3 is 0 Å². The van der Waals surface area contributed by atoms with Crippen molar-refractivity contribution in [3.05, 3.63) is 64.8 Å². The van der Waals surface area contributed by atoms with Crippen molar-refractivity contribution >= 4 is 17.6 Å². The van der Waals surface area contributed by atoms with Crippen LogP contribution in [-0.4, -0.2) is 44.1 Å². The molecule has 0 bridgehead atoms. The van der Waals surface area contributed by atoms with Gasteiger partial charge in [0.05, 0.1) is 17.5 Å². The minimum absolute atomic E-state index is 0.238. The van der Waals surface area contributed by atoms with Crippen molar-refractivity contribution in [2.75, 3.05) is 7.05 Å². The summed E-state index contributed by atoms with van der Waals surface area (Å²) in [5, 5.41) is 9.87. The Bertz CT molecular complexity index is 1220. The van der Waals surface area contributed by atoms with Crippen LogP contribution in [0.1, 0.15) is 53.6 Å². The largest absolute Gasteiger partial charge is 0.334 e. The molecular weight excluding hydrogens is 470 g/mol. The molecule has 35 heavy (non-hydrogen) atoms. The number of alkyl halides is 2. The van der Waals surface area contributed by atoms with Gasteiger partial charge < -0.3 is 9.88 Å². The van der Waals surface area contributed by atoms with Gasteiger partial charge in [0.25, 0.3) is 6.43 Å². The third-order valence-electron chi connectivity index (χ3n) is 5.54. The monoisotopic (exact) mass is 500 g/mol. The first-order valence-corrected chi connectivity index (χ1v) is 12.3. The number of carbonyl (C=O) groups excluding carboxylic acids is 1. The van der Waals surface area contributed by atoms with Crippen LogP contribution in [0.3, 0.4) is 0 Å². The number of benzene rings is 1. The Hall–Kier alpha value is -3.24. The number of aldehydes is 1. The predicted molar refractivity (Wildman–Crippen MR) is 135 cm³/mol. The van der Waals surface area contributed by atoms with Gasteiger partial charge in [-0.3, -0.25) is 9.89 Å². The maximum absolute atomic E-state index is 12.5. The van der Waals surface area contributed by atoms with Crippen molar-refractivity contribution in [3.63, 3.8) is 0 Å². The Morgan fingerprint density at radius 3 is 2.60 bits per heavy atom.